The minimum atomic E-state index is 0.357. The standard InChI is InChI=1S/C20H14N4S2/c21-11-13-7-19(25-17-5-1-3-15(23)9-17)20(8-14(13)12-22)26-18-6-2-4-16(24)10-18/h1-10H,23-24H2. The lowest BCUT2D eigenvalue weighted by atomic mass is 10.1. The Morgan fingerprint density at radius 1 is 0.654 bits per heavy atom. The molecule has 0 radical (unpaired) electrons. The summed E-state index contributed by atoms with van der Waals surface area (Å²) in [6.45, 7) is 0. The number of nitrogen functional groups attached to an aromatic ring is 2. The summed E-state index contributed by atoms with van der Waals surface area (Å²) in [5.41, 5.74) is 13.8. The lowest BCUT2D eigenvalue weighted by Crippen LogP contribution is -1.90. The summed E-state index contributed by atoms with van der Waals surface area (Å²) < 4.78 is 0. The number of rotatable bonds is 4. The van der Waals surface area contributed by atoms with Crippen molar-refractivity contribution in [3.8, 4) is 12.1 Å². The zero-order valence-electron chi connectivity index (χ0n) is 13.6. The average Bonchev–Trinajstić information content (AvgIpc) is 2.62. The molecule has 0 aliphatic carbocycles. The first kappa shape index (κ1) is 17.8. The topological polar surface area (TPSA) is 99.6 Å². The largest absolute Gasteiger partial charge is 0.399 e. The van der Waals surface area contributed by atoms with Crippen LogP contribution in [0.2, 0.25) is 0 Å². The summed E-state index contributed by atoms with van der Waals surface area (Å²) in [6, 6.07) is 22.8. The fraction of sp³-hybridized carbons (Fsp3) is 0. The molecule has 0 amide bonds. The summed E-state index contributed by atoms with van der Waals surface area (Å²) in [5.74, 6) is 0. The lowest BCUT2D eigenvalue weighted by molar-refractivity contribution is 1.20. The van der Waals surface area contributed by atoms with Gasteiger partial charge >= 0.3 is 0 Å². The maximum atomic E-state index is 9.35. The average molecular weight is 374 g/mol. The Bertz CT molecular complexity index is 964. The molecule has 0 heterocycles. The van der Waals surface area contributed by atoms with Crippen molar-refractivity contribution in [3.63, 3.8) is 0 Å². The first-order valence-corrected chi connectivity index (χ1v) is 9.27. The van der Waals surface area contributed by atoms with Crippen LogP contribution in [0.4, 0.5) is 11.4 Å². The Balaban J connectivity index is 2.05. The molecule has 0 fully saturated rings. The zero-order valence-corrected chi connectivity index (χ0v) is 15.3. The Morgan fingerprint density at radius 3 is 1.42 bits per heavy atom. The molecule has 0 aliphatic heterocycles. The van der Waals surface area contributed by atoms with Gasteiger partial charge in [-0.1, -0.05) is 35.7 Å². The van der Waals surface area contributed by atoms with Crippen molar-refractivity contribution in [2.75, 3.05) is 11.5 Å². The van der Waals surface area contributed by atoms with Crippen molar-refractivity contribution in [2.45, 2.75) is 19.6 Å². The van der Waals surface area contributed by atoms with Gasteiger partial charge in [0.05, 0.1) is 11.1 Å². The number of benzene rings is 3. The normalized spacial score (nSPS) is 10.1. The van der Waals surface area contributed by atoms with E-state index in [1.807, 2.05) is 48.5 Å². The molecule has 0 aliphatic rings. The molecule has 0 bridgehead atoms. The van der Waals surface area contributed by atoms with Gasteiger partial charge in [-0.15, -0.1) is 0 Å². The second-order valence-corrected chi connectivity index (χ2v) is 7.65. The van der Waals surface area contributed by atoms with Gasteiger partial charge in [0.2, 0.25) is 0 Å². The van der Waals surface area contributed by atoms with Crippen molar-refractivity contribution in [2.24, 2.45) is 0 Å². The van der Waals surface area contributed by atoms with Gasteiger partial charge in [0.25, 0.3) is 0 Å². The van der Waals surface area contributed by atoms with Crippen LogP contribution >= 0.6 is 23.5 Å². The van der Waals surface area contributed by atoms with E-state index in [-0.39, 0.29) is 0 Å². The number of nitriles is 2. The van der Waals surface area contributed by atoms with Crippen molar-refractivity contribution in [1.82, 2.24) is 0 Å². The highest BCUT2D eigenvalue weighted by Gasteiger charge is 2.13. The summed E-state index contributed by atoms with van der Waals surface area (Å²) in [4.78, 5) is 3.71. The van der Waals surface area contributed by atoms with Crippen LogP contribution in [0.3, 0.4) is 0 Å². The van der Waals surface area contributed by atoms with E-state index in [2.05, 4.69) is 12.1 Å². The van der Waals surface area contributed by atoms with E-state index in [9.17, 15) is 10.5 Å². The van der Waals surface area contributed by atoms with E-state index in [1.54, 1.807) is 12.1 Å². The van der Waals surface area contributed by atoms with Gasteiger partial charge in [0.15, 0.2) is 0 Å². The molecule has 3 rings (SSSR count). The van der Waals surface area contributed by atoms with Crippen LogP contribution in [0.1, 0.15) is 11.1 Å². The van der Waals surface area contributed by atoms with Crippen LogP contribution in [0.5, 0.6) is 0 Å². The third kappa shape index (κ3) is 4.12. The van der Waals surface area contributed by atoms with Crippen LogP contribution in [0.15, 0.2) is 80.2 Å². The molecule has 4 nitrogen and oxygen atoms in total. The van der Waals surface area contributed by atoms with E-state index in [0.717, 1.165) is 19.6 Å². The molecule has 0 saturated heterocycles. The third-order valence-corrected chi connectivity index (χ3v) is 5.72. The molecular weight excluding hydrogens is 360 g/mol. The molecule has 0 atom stereocenters. The molecule has 0 spiro atoms. The number of nitrogens with two attached hydrogens (primary N) is 2. The molecule has 0 unspecified atom stereocenters. The monoisotopic (exact) mass is 374 g/mol. The first-order valence-electron chi connectivity index (χ1n) is 7.64. The van der Waals surface area contributed by atoms with Gasteiger partial charge in [0, 0.05) is 31.0 Å². The maximum Gasteiger partial charge on any atom is 0.101 e. The minimum Gasteiger partial charge on any atom is -0.399 e. The highest BCUT2D eigenvalue weighted by molar-refractivity contribution is 8.02. The van der Waals surface area contributed by atoms with E-state index in [0.29, 0.717) is 22.5 Å². The van der Waals surface area contributed by atoms with E-state index in [1.165, 1.54) is 23.5 Å². The quantitative estimate of drug-likeness (QED) is 0.630. The SMILES string of the molecule is N#Cc1cc(Sc2cccc(N)c2)c(Sc2cccc(N)c2)cc1C#N. The lowest BCUT2D eigenvalue weighted by Gasteiger charge is -2.11. The van der Waals surface area contributed by atoms with Crippen LogP contribution in [0.25, 0.3) is 0 Å². The van der Waals surface area contributed by atoms with Crippen LogP contribution in [-0.2, 0) is 0 Å². The molecule has 26 heavy (non-hydrogen) atoms. The Hall–Kier alpha value is -3.06. The van der Waals surface area contributed by atoms with E-state index >= 15 is 0 Å². The fourth-order valence-electron chi connectivity index (χ4n) is 2.31. The van der Waals surface area contributed by atoms with Gasteiger partial charge < -0.3 is 11.5 Å². The Morgan fingerprint density at radius 2 is 1.08 bits per heavy atom. The maximum absolute atomic E-state index is 9.35. The molecule has 4 N–H and O–H groups in total. The van der Waals surface area contributed by atoms with Crippen molar-refractivity contribution >= 4 is 34.9 Å². The summed E-state index contributed by atoms with van der Waals surface area (Å²) in [6.07, 6.45) is 0. The third-order valence-electron chi connectivity index (χ3n) is 3.50. The molecular formula is C20H14N4S2. The van der Waals surface area contributed by atoms with Crippen molar-refractivity contribution in [1.29, 1.82) is 10.5 Å². The van der Waals surface area contributed by atoms with Gasteiger partial charge in [0.1, 0.15) is 12.1 Å². The van der Waals surface area contributed by atoms with Gasteiger partial charge in [-0.2, -0.15) is 10.5 Å². The molecule has 0 aromatic heterocycles. The molecule has 0 saturated carbocycles. The highest BCUT2D eigenvalue weighted by Crippen LogP contribution is 2.41. The molecule has 3 aromatic rings. The van der Waals surface area contributed by atoms with Crippen LogP contribution in [-0.4, -0.2) is 0 Å². The molecule has 126 valence electrons. The zero-order chi connectivity index (χ0) is 18.5. The summed E-state index contributed by atoms with van der Waals surface area (Å²) in [7, 11) is 0. The number of nitrogens with zero attached hydrogens (tertiary/aromatic N) is 2. The van der Waals surface area contributed by atoms with Gasteiger partial charge in [-0.25, -0.2) is 0 Å². The molecule has 3 aromatic carbocycles. The second-order valence-electron chi connectivity index (χ2n) is 5.42. The Kier molecular flexibility index (Phi) is 5.38. The second kappa shape index (κ2) is 7.88. The number of hydrogen-bond donors (Lipinski definition) is 2. The fourth-order valence-corrected chi connectivity index (χ4v) is 4.43. The smallest absolute Gasteiger partial charge is 0.101 e. The highest BCUT2D eigenvalue weighted by atomic mass is 32.2. The van der Waals surface area contributed by atoms with Gasteiger partial charge in [-0.05, 0) is 48.5 Å². The molecule has 6 heteroatoms. The Labute approximate surface area is 160 Å². The van der Waals surface area contributed by atoms with E-state index in [4.69, 9.17) is 11.5 Å². The number of hydrogen-bond acceptors (Lipinski definition) is 6. The predicted molar refractivity (Wildman–Crippen MR) is 106 cm³/mol. The summed E-state index contributed by atoms with van der Waals surface area (Å²) in [5, 5.41) is 18.7. The first-order chi connectivity index (χ1) is 12.6. The minimum absolute atomic E-state index is 0.357. The van der Waals surface area contributed by atoms with Crippen LogP contribution in [0, 0.1) is 22.7 Å². The predicted octanol–water partition coefficient (Wildman–Crippen LogP) is 4.90. The van der Waals surface area contributed by atoms with Crippen LogP contribution < -0.4 is 11.5 Å². The van der Waals surface area contributed by atoms with Crippen molar-refractivity contribution in [3.05, 3.63) is 71.8 Å². The van der Waals surface area contributed by atoms with Crippen molar-refractivity contribution < 1.29 is 0 Å². The van der Waals surface area contributed by atoms with Gasteiger partial charge in [-0.3, -0.25) is 0 Å². The van der Waals surface area contributed by atoms with E-state index < -0.39 is 0 Å². The number of anilines is 2. The summed E-state index contributed by atoms with van der Waals surface area (Å²) >= 11 is 3.02.